The van der Waals surface area contributed by atoms with E-state index < -0.39 is 8.80 Å². The number of hydrogen-bond donors (Lipinski definition) is 1. The molecule has 2 aromatic rings. The molecule has 0 radical (unpaired) electrons. The standard InChI is InChI=1S/C30H35FO7Si/c1-20(32)16-23(4)36-39(37-24(5)17-21(2)33,38-25(6)18-22(3)34)15-7-8-27-19-29(35)13-14-30(27)26-9-11-28(31)12-10-26/h9-14,16-19,35H,7-8,15H2,1-6H3. The van der Waals surface area contributed by atoms with Crippen molar-refractivity contribution < 1.29 is 37.2 Å². The fourth-order valence-corrected chi connectivity index (χ4v) is 6.78. The van der Waals surface area contributed by atoms with Crippen molar-refractivity contribution in [2.45, 2.75) is 60.4 Å². The highest BCUT2D eigenvalue weighted by Gasteiger charge is 2.49. The maximum Gasteiger partial charge on any atom is 0.698 e. The summed E-state index contributed by atoms with van der Waals surface area (Å²) in [5.74, 6) is -0.148. The van der Waals surface area contributed by atoms with Gasteiger partial charge in [-0.25, -0.2) is 4.39 Å². The van der Waals surface area contributed by atoms with Crippen molar-refractivity contribution in [3.8, 4) is 16.9 Å². The molecule has 0 unspecified atom stereocenters. The number of allylic oxidation sites excluding steroid dienone is 6. The van der Waals surface area contributed by atoms with Crippen LogP contribution in [0, 0.1) is 5.82 Å². The molecule has 0 spiro atoms. The van der Waals surface area contributed by atoms with Gasteiger partial charge in [0, 0.05) is 18.2 Å². The van der Waals surface area contributed by atoms with Crippen LogP contribution in [0.25, 0.3) is 11.1 Å². The largest absolute Gasteiger partial charge is 0.698 e. The number of aryl methyl sites for hydroxylation is 1. The molecule has 0 saturated heterocycles. The topological polar surface area (TPSA) is 99.1 Å². The number of aromatic hydroxyl groups is 1. The van der Waals surface area contributed by atoms with E-state index in [1.165, 1.54) is 51.1 Å². The Morgan fingerprint density at radius 3 is 1.67 bits per heavy atom. The summed E-state index contributed by atoms with van der Waals surface area (Å²) >= 11 is 0. The molecule has 0 heterocycles. The van der Waals surface area contributed by atoms with Crippen LogP contribution in [-0.2, 0) is 34.1 Å². The van der Waals surface area contributed by atoms with Crippen molar-refractivity contribution in [2.24, 2.45) is 0 Å². The second kappa shape index (κ2) is 14.2. The average molecular weight is 555 g/mol. The highest BCUT2D eigenvalue weighted by atomic mass is 28.4. The van der Waals surface area contributed by atoms with Crippen LogP contribution in [0.4, 0.5) is 4.39 Å². The van der Waals surface area contributed by atoms with E-state index in [9.17, 15) is 23.9 Å². The zero-order chi connectivity index (χ0) is 29.2. The number of carbonyl (C=O) groups is 3. The molecular formula is C30H35FO7Si. The molecule has 0 aromatic heterocycles. The Morgan fingerprint density at radius 2 is 1.23 bits per heavy atom. The van der Waals surface area contributed by atoms with E-state index in [0.29, 0.717) is 12.8 Å². The Hall–Kier alpha value is -3.98. The molecule has 1 N–H and O–H groups in total. The van der Waals surface area contributed by atoms with Crippen LogP contribution >= 0.6 is 0 Å². The highest BCUT2D eigenvalue weighted by Crippen LogP contribution is 2.32. The number of halogens is 1. The molecule has 0 fully saturated rings. The molecule has 9 heteroatoms. The summed E-state index contributed by atoms with van der Waals surface area (Å²) in [6.07, 6.45) is 4.85. The third-order valence-corrected chi connectivity index (χ3v) is 8.21. The van der Waals surface area contributed by atoms with Crippen LogP contribution in [0.1, 0.15) is 53.5 Å². The van der Waals surface area contributed by atoms with Crippen LogP contribution in [0.3, 0.4) is 0 Å². The third-order valence-electron chi connectivity index (χ3n) is 5.34. The minimum absolute atomic E-state index is 0.0869. The van der Waals surface area contributed by atoms with E-state index in [1.807, 2.05) is 0 Å². The number of phenols is 1. The van der Waals surface area contributed by atoms with E-state index in [4.69, 9.17) is 13.3 Å². The fraction of sp³-hybridized carbons (Fsp3) is 0.300. The summed E-state index contributed by atoms with van der Waals surface area (Å²) in [5.41, 5.74) is 2.43. The van der Waals surface area contributed by atoms with Gasteiger partial charge in [0.05, 0.1) is 23.3 Å². The monoisotopic (exact) mass is 554 g/mol. The molecule has 0 bridgehead atoms. The molecular weight excluding hydrogens is 519 g/mol. The second-order valence-corrected chi connectivity index (χ2v) is 11.8. The normalized spacial score (nSPS) is 13.9. The number of ketones is 3. The predicted octanol–water partition coefficient (Wildman–Crippen LogP) is 6.60. The molecule has 0 aliphatic heterocycles. The lowest BCUT2D eigenvalue weighted by Gasteiger charge is -2.31. The summed E-state index contributed by atoms with van der Waals surface area (Å²) < 4.78 is 32.0. The number of carbonyl (C=O) groups excluding carboxylic acids is 3. The second-order valence-electron chi connectivity index (χ2n) is 9.29. The SMILES string of the molecule is CC(=O)C=C(C)O[Si](CCCc1cc(O)ccc1-c1ccc(F)cc1)(OC(C)=CC(C)=O)OC(C)=CC(C)=O. The average Bonchev–Trinajstić information content (AvgIpc) is 2.78. The van der Waals surface area contributed by atoms with E-state index in [2.05, 4.69) is 0 Å². The Kier molecular flexibility index (Phi) is 11.4. The van der Waals surface area contributed by atoms with Crippen LogP contribution in [-0.4, -0.2) is 31.3 Å². The van der Waals surface area contributed by atoms with Gasteiger partial charge in [-0.2, -0.15) is 0 Å². The van der Waals surface area contributed by atoms with Gasteiger partial charge in [0.2, 0.25) is 0 Å². The molecule has 0 amide bonds. The molecule has 0 saturated carbocycles. The highest BCUT2D eigenvalue weighted by molar-refractivity contribution is 6.61. The fourth-order valence-electron chi connectivity index (χ4n) is 4.09. The summed E-state index contributed by atoms with van der Waals surface area (Å²) in [6, 6.07) is 11.3. The summed E-state index contributed by atoms with van der Waals surface area (Å²) in [5, 5.41) is 10.2. The number of benzene rings is 2. The lowest BCUT2D eigenvalue weighted by atomic mass is 9.96. The van der Waals surface area contributed by atoms with Crippen molar-refractivity contribution in [3.63, 3.8) is 0 Å². The van der Waals surface area contributed by atoms with Gasteiger partial charge in [0.15, 0.2) is 17.3 Å². The Balaban J connectivity index is 2.47. The van der Waals surface area contributed by atoms with Crippen LogP contribution in [0.2, 0.25) is 6.04 Å². The van der Waals surface area contributed by atoms with E-state index in [1.54, 1.807) is 51.1 Å². The number of rotatable bonds is 14. The zero-order valence-corrected chi connectivity index (χ0v) is 24.2. The molecule has 7 nitrogen and oxygen atoms in total. The van der Waals surface area contributed by atoms with Crippen LogP contribution < -0.4 is 0 Å². The molecule has 39 heavy (non-hydrogen) atoms. The minimum Gasteiger partial charge on any atom is -0.508 e. The molecule has 2 rings (SSSR count). The van der Waals surface area contributed by atoms with Crippen molar-refractivity contribution in [2.75, 3.05) is 0 Å². The van der Waals surface area contributed by atoms with Gasteiger partial charge in [0.1, 0.15) is 11.6 Å². The first-order chi connectivity index (χ1) is 18.3. The number of phenolic OH excluding ortho intramolecular Hbond substituents is 1. The first kappa shape index (κ1) is 31.2. The molecule has 0 atom stereocenters. The lowest BCUT2D eigenvalue weighted by molar-refractivity contribution is -0.113. The Bertz CT molecular complexity index is 1210. The molecule has 208 valence electrons. The zero-order valence-electron chi connectivity index (χ0n) is 23.2. The molecule has 2 aromatic carbocycles. The van der Waals surface area contributed by atoms with Gasteiger partial charge in [-0.05, 0) is 95.3 Å². The van der Waals surface area contributed by atoms with Crippen LogP contribution in [0.5, 0.6) is 5.75 Å². The summed E-state index contributed by atoms with van der Waals surface area (Å²) in [4.78, 5) is 35.2. The van der Waals surface area contributed by atoms with Crippen LogP contribution in [0.15, 0.2) is 78.0 Å². The van der Waals surface area contributed by atoms with Crippen molar-refractivity contribution in [3.05, 3.63) is 89.4 Å². The maximum absolute atomic E-state index is 13.5. The van der Waals surface area contributed by atoms with Crippen molar-refractivity contribution in [1.29, 1.82) is 0 Å². The lowest BCUT2D eigenvalue weighted by Crippen LogP contribution is -2.44. The quantitative estimate of drug-likeness (QED) is 0.160. The van der Waals surface area contributed by atoms with Crippen molar-refractivity contribution >= 4 is 26.2 Å². The van der Waals surface area contributed by atoms with Gasteiger partial charge >= 0.3 is 8.80 Å². The summed E-state index contributed by atoms with van der Waals surface area (Å²) in [6.45, 7) is 8.97. The van der Waals surface area contributed by atoms with E-state index in [0.717, 1.165) is 16.7 Å². The first-order valence-corrected chi connectivity index (χ1v) is 14.4. The van der Waals surface area contributed by atoms with E-state index in [-0.39, 0.29) is 52.2 Å². The van der Waals surface area contributed by atoms with Gasteiger partial charge in [-0.15, -0.1) is 0 Å². The maximum atomic E-state index is 13.5. The van der Waals surface area contributed by atoms with Crippen molar-refractivity contribution in [1.82, 2.24) is 0 Å². The van der Waals surface area contributed by atoms with E-state index >= 15 is 0 Å². The predicted molar refractivity (Wildman–Crippen MR) is 149 cm³/mol. The molecule has 0 aliphatic rings. The summed E-state index contributed by atoms with van der Waals surface area (Å²) in [7, 11) is -3.73. The van der Waals surface area contributed by atoms with Gasteiger partial charge < -0.3 is 18.4 Å². The molecule has 0 aliphatic carbocycles. The minimum atomic E-state index is -3.73. The number of hydrogen-bond acceptors (Lipinski definition) is 7. The first-order valence-electron chi connectivity index (χ1n) is 12.5. The Morgan fingerprint density at radius 1 is 0.769 bits per heavy atom. The smallest absolute Gasteiger partial charge is 0.508 e. The Labute approximate surface area is 230 Å². The third kappa shape index (κ3) is 10.7. The van der Waals surface area contributed by atoms with Gasteiger partial charge in [-0.1, -0.05) is 18.2 Å². The van der Waals surface area contributed by atoms with Gasteiger partial charge in [0.25, 0.3) is 0 Å². The van der Waals surface area contributed by atoms with Gasteiger partial charge in [-0.3, -0.25) is 14.4 Å².